The number of amides is 1. The highest BCUT2D eigenvalue weighted by molar-refractivity contribution is 6.04. The van der Waals surface area contributed by atoms with Crippen LogP contribution in [0.5, 0.6) is 0 Å². The molecule has 0 atom stereocenters. The molecule has 0 aliphatic carbocycles. The highest BCUT2D eigenvalue weighted by Crippen LogP contribution is 2.23. The van der Waals surface area contributed by atoms with E-state index >= 15 is 0 Å². The molecule has 0 fully saturated rings. The molecular weight excluding hydrogens is 388 g/mol. The molecule has 1 amide bonds. The molecule has 0 saturated heterocycles. The topological polar surface area (TPSA) is 88.0 Å². The highest BCUT2D eigenvalue weighted by atomic mass is 16.1. The normalized spacial score (nSPS) is 11.0. The van der Waals surface area contributed by atoms with Crippen LogP contribution in [0.4, 0.5) is 5.69 Å². The molecule has 2 N–H and O–H groups in total. The number of aromatic nitrogens is 5. The van der Waals surface area contributed by atoms with Gasteiger partial charge >= 0.3 is 0 Å². The highest BCUT2D eigenvalue weighted by Gasteiger charge is 2.12. The fraction of sp³-hybridized carbons (Fsp3) is 0.0833. The van der Waals surface area contributed by atoms with E-state index in [0.717, 1.165) is 28.1 Å². The van der Waals surface area contributed by atoms with Gasteiger partial charge in [-0.15, -0.1) is 10.2 Å². The smallest absolute Gasteiger partial charge is 0.255 e. The summed E-state index contributed by atoms with van der Waals surface area (Å²) >= 11 is 0. The average molecular weight is 408 g/mol. The second kappa shape index (κ2) is 7.53. The SMILES string of the molecule is Cc1ccc(C(=O)Nc2cccc(-c3ccc4nnc(-c5ccc[nH]5)n4n3)c2)cc1C. The molecule has 7 nitrogen and oxygen atoms in total. The standard InChI is InChI=1S/C24H20N6O/c1-15-8-9-18(13-16(15)2)24(31)26-19-6-3-5-17(14-19)20-10-11-22-27-28-23(30(22)29-20)21-7-4-12-25-21/h3-14,25H,1-2H3,(H,26,31). The summed E-state index contributed by atoms with van der Waals surface area (Å²) in [7, 11) is 0. The van der Waals surface area contributed by atoms with E-state index < -0.39 is 0 Å². The van der Waals surface area contributed by atoms with Gasteiger partial charge in [-0.1, -0.05) is 18.2 Å². The molecule has 0 aliphatic heterocycles. The van der Waals surface area contributed by atoms with Crippen LogP contribution < -0.4 is 5.32 Å². The Kier molecular flexibility index (Phi) is 4.55. The van der Waals surface area contributed by atoms with Crippen LogP contribution in [0, 0.1) is 13.8 Å². The minimum Gasteiger partial charge on any atom is -0.359 e. The fourth-order valence-corrected chi connectivity index (χ4v) is 3.42. The molecular formula is C24H20N6O. The number of carbonyl (C=O) groups excluding carboxylic acids is 1. The van der Waals surface area contributed by atoms with Gasteiger partial charge in [0.15, 0.2) is 5.65 Å². The van der Waals surface area contributed by atoms with Crippen LogP contribution in [-0.2, 0) is 0 Å². The molecule has 0 unspecified atom stereocenters. The maximum Gasteiger partial charge on any atom is 0.255 e. The lowest BCUT2D eigenvalue weighted by Crippen LogP contribution is -2.12. The largest absolute Gasteiger partial charge is 0.359 e. The van der Waals surface area contributed by atoms with Gasteiger partial charge in [-0.25, -0.2) is 0 Å². The van der Waals surface area contributed by atoms with Crippen LogP contribution in [0.25, 0.3) is 28.4 Å². The summed E-state index contributed by atoms with van der Waals surface area (Å²) in [5, 5.41) is 16.1. The Morgan fingerprint density at radius 3 is 2.65 bits per heavy atom. The minimum atomic E-state index is -0.142. The number of hydrogen-bond acceptors (Lipinski definition) is 4. The number of H-pyrrole nitrogens is 1. The Labute approximate surface area is 178 Å². The first-order chi connectivity index (χ1) is 15.1. The van der Waals surface area contributed by atoms with Crippen molar-refractivity contribution in [3.63, 3.8) is 0 Å². The number of rotatable bonds is 4. The van der Waals surface area contributed by atoms with E-state index in [-0.39, 0.29) is 5.91 Å². The number of carbonyl (C=O) groups is 1. The van der Waals surface area contributed by atoms with E-state index in [2.05, 4.69) is 20.5 Å². The maximum absolute atomic E-state index is 12.7. The molecule has 3 heterocycles. The van der Waals surface area contributed by atoms with Crippen LogP contribution in [0.1, 0.15) is 21.5 Å². The Hall–Kier alpha value is -4.26. The lowest BCUT2D eigenvalue weighted by atomic mass is 10.1. The number of hydrogen-bond donors (Lipinski definition) is 2. The Balaban J connectivity index is 1.46. The average Bonchev–Trinajstić information content (AvgIpc) is 3.45. The van der Waals surface area contributed by atoms with Crippen LogP contribution >= 0.6 is 0 Å². The molecule has 0 radical (unpaired) electrons. The van der Waals surface area contributed by atoms with Gasteiger partial charge in [0.1, 0.15) is 0 Å². The van der Waals surface area contributed by atoms with E-state index in [1.807, 2.05) is 86.8 Å². The first-order valence-electron chi connectivity index (χ1n) is 9.94. The van der Waals surface area contributed by atoms with Gasteiger partial charge < -0.3 is 10.3 Å². The summed E-state index contributed by atoms with van der Waals surface area (Å²) in [5.41, 5.74) is 6.72. The van der Waals surface area contributed by atoms with E-state index in [9.17, 15) is 4.79 Å². The number of nitrogens with zero attached hydrogens (tertiary/aromatic N) is 4. The van der Waals surface area contributed by atoms with Crippen LogP contribution in [-0.4, -0.2) is 30.7 Å². The summed E-state index contributed by atoms with van der Waals surface area (Å²) in [4.78, 5) is 15.8. The Morgan fingerprint density at radius 1 is 0.935 bits per heavy atom. The number of anilines is 1. The Bertz CT molecular complexity index is 1400. The van der Waals surface area contributed by atoms with Crippen LogP contribution in [0.2, 0.25) is 0 Å². The molecule has 152 valence electrons. The summed E-state index contributed by atoms with van der Waals surface area (Å²) in [5.74, 6) is 0.498. The van der Waals surface area contributed by atoms with Gasteiger partial charge in [-0.05, 0) is 73.5 Å². The number of aryl methyl sites for hydroxylation is 2. The van der Waals surface area contributed by atoms with Crippen molar-refractivity contribution < 1.29 is 4.79 Å². The van der Waals surface area contributed by atoms with Gasteiger partial charge in [-0.3, -0.25) is 4.79 Å². The maximum atomic E-state index is 12.7. The van der Waals surface area contributed by atoms with E-state index in [0.29, 0.717) is 22.7 Å². The summed E-state index contributed by atoms with van der Waals surface area (Å²) < 4.78 is 1.71. The third-order valence-corrected chi connectivity index (χ3v) is 5.29. The molecule has 7 heteroatoms. The van der Waals surface area contributed by atoms with Crippen LogP contribution in [0.3, 0.4) is 0 Å². The van der Waals surface area contributed by atoms with Crippen molar-refractivity contribution in [3.05, 3.63) is 89.6 Å². The molecule has 0 aliphatic rings. The zero-order chi connectivity index (χ0) is 21.4. The third-order valence-electron chi connectivity index (χ3n) is 5.29. The number of benzene rings is 2. The van der Waals surface area contributed by atoms with Gasteiger partial charge in [-0.2, -0.15) is 9.61 Å². The minimum absolute atomic E-state index is 0.142. The predicted molar refractivity (Wildman–Crippen MR) is 120 cm³/mol. The van der Waals surface area contributed by atoms with Crippen molar-refractivity contribution in [3.8, 4) is 22.8 Å². The summed E-state index contributed by atoms with van der Waals surface area (Å²) in [6, 6.07) is 20.9. The summed E-state index contributed by atoms with van der Waals surface area (Å²) in [6.07, 6.45) is 1.84. The zero-order valence-corrected chi connectivity index (χ0v) is 17.1. The predicted octanol–water partition coefficient (Wildman–Crippen LogP) is 4.66. The molecule has 5 rings (SSSR count). The van der Waals surface area contributed by atoms with Crippen molar-refractivity contribution in [2.24, 2.45) is 0 Å². The van der Waals surface area contributed by atoms with Gasteiger partial charge in [0, 0.05) is 23.0 Å². The van der Waals surface area contributed by atoms with Crippen molar-refractivity contribution >= 4 is 17.2 Å². The summed E-state index contributed by atoms with van der Waals surface area (Å²) in [6.45, 7) is 4.03. The molecule has 5 aromatic rings. The first kappa shape index (κ1) is 18.7. The van der Waals surface area contributed by atoms with E-state index in [1.165, 1.54) is 0 Å². The zero-order valence-electron chi connectivity index (χ0n) is 17.1. The lowest BCUT2D eigenvalue weighted by molar-refractivity contribution is 0.102. The number of fused-ring (bicyclic) bond motifs is 1. The van der Waals surface area contributed by atoms with Crippen molar-refractivity contribution in [1.29, 1.82) is 0 Å². The van der Waals surface area contributed by atoms with Gasteiger partial charge in [0.25, 0.3) is 5.91 Å². The first-order valence-corrected chi connectivity index (χ1v) is 9.94. The third kappa shape index (κ3) is 3.57. The van der Waals surface area contributed by atoms with Crippen molar-refractivity contribution in [1.82, 2.24) is 24.8 Å². The lowest BCUT2D eigenvalue weighted by Gasteiger charge is -2.09. The molecule has 31 heavy (non-hydrogen) atoms. The molecule has 3 aromatic heterocycles. The number of nitrogens with one attached hydrogen (secondary N) is 2. The van der Waals surface area contributed by atoms with Gasteiger partial charge in [0.2, 0.25) is 5.82 Å². The number of aromatic amines is 1. The van der Waals surface area contributed by atoms with Gasteiger partial charge in [0.05, 0.1) is 11.4 Å². The Morgan fingerprint density at radius 2 is 1.84 bits per heavy atom. The monoisotopic (exact) mass is 408 g/mol. The van der Waals surface area contributed by atoms with Crippen molar-refractivity contribution in [2.45, 2.75) is 13.8 Å². The van der Waals surface area contributed by atoms with Crippen LogP contribution in [0.15, 0.2) is 72.9 Å². The molecule has 0 saturated carbocycles. The fourth-order valence-electron chi connectivity index (χ4n) is 3.42. The second-order valence-corrected chi connectivity index (χ2v) is 7.43. The van der Waals surface area contributed by atoms with E-state index in [4.69, 9.17) is 5.10 Å². The molecule has 0 bridgehead atoms. The quantitative estimate of drug-likeness (QED) is 0.453. The second-order valence-electron chi connectivity index (χ2n) is 7.43. The van der Waals surface area contributed by atoms with Crippen molar-refractivity contribution in [2.75, 3.05) is 5.32 Å². The molecule has 0 spiro atoms. The van der Waals surface area contributed by atoms with E-state index in [1.54, 1.807) is 4.52 Å². The molecule has 2 aromatic carbocycles.